The highest BCUT2D eigenvalue weighted by Crippen LogP contribution is 2.36. The zero-order valence-corrected chi connectivity index (χ0v) is 19.7. The van der Waals surface area contributed by atoms with Gasteiger partial charge in [0.2, 0.25) is 15.7 Å². The van der Waals surface area contributed by atoms with Crippen LogP contribution in [0.25, 0.3) is 0 Å². The van der Waals surface area contributed by atoms with E-state index in [1.807, 2.05) is 31.2 Å². The van der Waals surface area contributed by atoms with E-state index >= 15 is 0 Å². The number of hydrogen-bond acceptors (Lipinski definition) is 5. The molecule has 0 spiro atoms. The predicted octanol–water partition coefficient (Wildman–Crippen LogP) is 4.53. The average molecular weight is 473 g/mol. The third kappa shape index (κ3) is 5.41. The topological polar surface area (TPSA) is 84.5 Å². The van der Waals surface area contributed by atoms with E-state index < -0.39 is 9.84 Å². The monoisotopic (exact) mass is 472 g/mol. The van der Waals surface area contributed by atoms with Crippen molar-refractivity contribution in [3.05, 3.63) is 82.4 Å². The predicted molar refractivity (Wildman–Crippen MR) is 126 cm³/mol. The van der Waals surface area contributed by atoms with Gasteiger partial charge in [0.25, 0.3) is 0 Å². The molecule has 0 unspecified atom stereocenters. The van der Waals surface area contributed by atoms with Crippen LogP contribution in [0.15, 0.2) is 70.5 Å². The summed E-state index contributed by atoms with van der Waals surface area (Å²) in [5.74, 6) is 0.455. The molecule has 6 nitrogen and oxygen atoms in total. The summed E-state index contributed by atoms with van der Waals surface area (Å²) in [7, 11) is -2.30. The Morgan fingerprint density at radius 3 is 2.25 bits per heavy atom. The highest BCUT2D eigenvalue weighted by molar-refractivity contribution is 7.91. The Kier molecular flexibility index (Phi) is 7.43. The molecule has 168 valence electrons. The van der Waals surface area contributed by atoms with E-state index in [9.17, 15) is 13.2 Å². The second-order valence-corrected chi connectivity index (χ2v) is 9.63. The number of carbonyl (C=O) groups excluding carboxylic acids is 1. The van der Waals surface area contributed by atoms with E-state index in [0.717, 1.165) is 16.9 Å². The molecule has 0 aliphatic carbocycles. The standard InChI is InChI=1S/C24H25ClN2O4S/c1-16-4-11-20(12-5-16)32(29,30)24-21(13-6-17(2)23(24)25)26-15-22(28)27-14-18-7-9-19(31-3)10-8-18/h4-13,26H,14-15H2,1-3H3,(H,27,28). The van der Waals surface area contributed by atoms with Crippen molar-refractivity contribution in [3.8, 4) is 5.75 Å². The van der Waals surface area contributed by atoms with Crippen molar-refractivity contribution in [1.82, 2.24) is 5.32 Å². The Balaban J connectivity index is 1.76. The van der Waals surface area contributed by atoms with Gasteiger partial charge in [0.05, 0.1) is 29.3 Å². The summed E-state index contributed by atoms with van der Waals surface area (Å²) in [6.45, 7) is 3.86. The first-order valence-electron chi connectivity index (χ1n) is 9.96. The molecule has 3 aromatic carbocycles. The molecule has 2 N–H and O–H groups in total. The molecule has 0 saturated heterocycles. The molecular weight excluding hydrogens is 448 g/mol. The largest absolute Gasteiger partial charge is 0.497 e. The van der Waals surface area contributed by atoms with E-state index in [1.54, 1.807) is 50.4 Å². The fraction of sp³-hybridized carbons (Fsp3) is 0.208. The number of carbonyl (C=O) groups is 1. The van der Waals surface area contributed by atoms with Crippen molar-refractivity contribution in [2.24, 2.45) is 0 Å². The van der Waals surface area contributed by atoms with Gasteiger partial charge in [-0.05, 0) is 55.3 Å². The molecule has 32 heavy (non-hydrogen) atoms. The summed E-state index contributed by atoms with van der Waals surface area (Å²) < 4.78 is 31.7. The third-order valence-corrected chi connectivity index (χ3v) is 7.43. The van der Waals surface area contributed by atoms with Gasteiger partial charge >= 0.3 is 0 Å². The molecule has 0 aromatic heterocycles. The maximum absolute atomic E-state index is 13.3. The van der Waals surface area contributed by atoms with E-state index in [0.29, 0.717) is 12.1 Å². The molecule has 0 atom stereocenters. The first kappa shape index (κ1) is 23.6. The molecule has 3 rings (SSSR count). The molecule has 8 heteroatoms. The first-order chi connectivity index (χ1) is 15.2. The molecule has 0 aliphatic rings. The van der Waals surface area contributed by atoms with Crippen molar-refractivity contribution in [2.45, 2.75) is 30.2 Å². The third-order valence-electron chi connectivity index (χ3n) is 4.98. The molecular formula is C24H25ClN2O4S. The summed E-state index contributed by atoms with van der Waals surface area (Å²) in [5, 5.41) is 5.86. The Bertz CT molecular complexity index is 1210. The zero-order chi connectivity index (χ0) is 23.3. The van der Waals surface area contributed by atoms with Gasteiger partial charge in [0, 0.05) is 6.54 Å². The van der Waals surface area contributed by atoms with Crippen LogP contribution in [0.2, 0.25) is 5.02 Å². The number of halogens is 1. The quantitative estimate of drug-likeness (QED) is 0.503. The van der Waals surface area contributed by atoms with Gasteiger partial charge in [0.1, 0.15) is 10.6 Å². The number of rotatable bonds is 8. The maximum atomic E-state index is 13.3. The van der Waals surface area contributed by atoms with Crippen LogP contribution in [0.3, 0.4) is 0 Å². The van der Waals surface area contributed by atoms with Crippen LogP contribution in [0.5, 0.6) is 5.75 Å². The van der Waals surface area contributed by atoms with E-state index in [1.165, 1.54) is 0 Å². The number of aryl methyl sites for hydroxylation is 2. The van der Waals surface area contributed by atoms with Crippen molar-refractivity contribution in [2.75, 3.05) is 19.0 Å². The van der Waals surface area contributed by atoms with Crippen LogP contribution in [0.1, 0.15) is 16.7 Å². The fourth-order valence-corrected chi connectivity index (χ4v) is 5.10. The molecule has 0 bridgehead atoms. The number of methoxy groups -OCH3 is 1. The van der Waals surface area contributed by atoms with Crippen molar-refractivity contribution >= 4 is 33.0 Å². The minimum Gasteiger partial charge on any atom is -0.497 e. The SMILES string of the molecule is COc1ccc(CNC(=O)CNc2ccc(C)c(Cl)c2S(=O)(=O)c2ccc(C)cc2)cc1. The van der Waals surface area contributed by atoms with Gasteiger partial charge in [-0.25, -0.2) is 8.42 Å². The van der Waals surface area contributed by atoms with Crippen molar-refractivity contribution in [3.63, 3.8) is 0 Å². The molecule has 0 radical (unpaired) electrons. The van der Waals surface area contributed by atoms with E-state index in [2.05, 4.69) is 10.6 Å². The van der Waals surface area contributed by atoms with Gasteiger partial charge < -0.3 is 15.4 Å². The van der Waals surface area contributed by atoms with Crippen molar-refractivity contribution < 1.29 is 17.9 Å². The van der Waals surface area contributed by atoms with E-state index in [4.69, 9.17) is 16.3 Å². The van der Waals surface area contributed by atoms with Crippen LogP contribution < -0.4 is 15.4 Å². The van der Waals surface area contributed by atoms with Crippen LogP contribution in [0, 0.1) is 13.8 Å². The number of anilines is 1. The maximum Gasteiger partial charge on any atom is 0.239 e. The second kappa shape index (κ2) is 10.1. The van der Waals surface area contributed by atoms with Crippen LogP contribution in [0.4, 0.5) is 5.69 Å². The summed E-state index contributed by atoms with van der Waals surface area (Å²) in [5.41, 5.74) is 2.78. The molecule has 0 aliphatic heterocycles. The van der Waals surface area contributed by atoms with Crippen LogP contribution >= 0.6 is 11.6 Å². The smallest absolute Gasteiger partial charge is 0.239 e. The summed E-state index contributed by atoms with van der Waals surface area (Å²) in [6, 6.07) is 17.3. The molecule has 0 saturated carbocycles. The zero-order valence-electron chi connectivity index (χ0n) is 18.1. The Labute approximate surface area is 193 Å². The fourth-order valence-electron chi connectivity index (χ4n) is 3.07. The van der Waals surface area contributed by atoms with E-state index in [-0.39, 0.29) is 33.0 Å². The van der Waals surface area contributed by atoms with Crippen molar-refractivity contribution in [1.29, 1.82) is 0 Å². The number of ether oxygens (including phenoxy) is 1. The minimum atomic E-state index is -3.89. The highest BCUT2D eigenvalue weighted by atomic mass is 35.5. The lowest BCUT2D eigenvalue weighted by Crippen LogP contribution is -2.29. The van der Waals surface area contributed by atoms with Gasteiger partial charge in [-0.2, -0.15) is 0 Å². The first-order valence-corrected chi connectivity index (χ1v) is 11.8. The van der Waals surface area contributed by atoms with Crippen LogP contribution in [-0.4, -0.2) is 28.0 Å². The molecule has 1 amide bonds. The number of nitrogens with one attached hydrogen (secondary N) is 2. The summed E-state index contributed by atoms with van der Waals surface area (Å²) in [4.78, 5) is 12.5. The van der Waals surface area contributed by atoms with Gasteiger partial charge in [0.15, 0.2) is 0 Å². The second-order valence-electron chi connectivity index (χ2n) is 7.37. The lowest BCUT2D eigenvalue weighted by atomic mass is 10.2. The number of benzene rings is 3. The summed E-state index contributed by atoms with van der Waals surface area (Å²) >= 11 is 6.42. The van der Waals surface area contributed by atoms with Gasteiger partial charge in [-0.1, -0.05) is 47.5 Å². The Morgan fingerprint density at radius 1 is 0.969 bits per heavy atom. The highest BCUT2D eigenvalue weighted by Gasteiger charge is 2.26. The lowest BCUT2D eigenvalue weighted by Gasteiger charge is -2.16. The Morgan fingerprint density at radius 2 is 1.62 bits per heavy atom. The molecule has 0 fully saturated rings. The molecule has 0 heterocycles. The normalized spacial score (nSPS) is 11.1. The summed E-state index contributed by atoms with van der Waals surface area (Å²) in [6.07, 6.45) is 0. The lowest BCUT2D eigenvalue weighted by molar-refractivity contribution is -0.119. The number of hydrogen-bond donors (Lipinski definition) is 2. The van der Waals surface area contributed by atoms with Gasteiger partial charge in [-0.3, -0.25) is 4.79 Å². The number of sulfone groups is 1. The number of amides is 1. The average Bonchev–Trinajstić information content (AvgIpc) is 2.78. The Hall–Kier alpha value is -3.03. The van der Waals surface area contributed by atoms with Gasteiger partial charge in [-0.15, -0.1) is 0 Å². The molecule has 3 aromatic rings. The minimum absolute atomic E-state index is 0.0361. The van der Waals surface area contributed by atoms with Crippen LogP contribution in [-0.2, 0) is 21.2 Å².